The summed E-state index contributed by atoms with van der Waals surface area (Å²) in [6, 6.07) is 12.5. The van der Waals surface area contributed by atoms with Gasteiger partial charge in [-0.25, -0.2) is 9.37 Å². The molecule has 29 heavy (non-hydrogen) atoms. The molecular formula is C20H16FN5O3. The fourth-order valence-corrected chi connectivity index (χ4v) is 2.83. The van der Waals surface area contributed by atoms with Gasteiger partial charge in [-0.15, -0.1) is 0 Å². The van der Waals surface area contributed by atoms with Crippen molar-refractivity contribution < 1.29 is 18.5 Å². The minimum Gasteiger partial charge on any atom is -0.360 e. The first-order valence-corrected chi connectivity index (χ1v) is 8.75. The second-order valence-corrected chi connectivity index (χ2v) is 6.33. The van der Waals surface area contributed by atoms with Crippen molar-refractivity contribution >= 4 is 23.1 Å². The van der Waals surface area contributed by atoms with E-state index in [1.165, 1.54) is 16.5 Å². The molecule has 0 unspecified atom stereocenters. The topological polar surface area (TPSA) is 102 Å². The van der Waals surface area contributed by atoms with Crippen molar-refractivity contribution in [1.82, 2.24) is 19.9 Å². The Balaban J connectivity index is 1.58. The number of benzene rings is 1. The number of hydrogen-bond donors (Lipinski definition) is 2. The first-order valence-electron chi connectivity index (χ1n) is 8.75. The van der Waals surface area contributed by atoms with Gasteiger partial charge in [0, 0.05) is 18.8 Å². The van der Waals surface area contributed by atoms with Crippen molar-refractivity contribution in [3.05, 3.63) is 83.4 Å². The van der Waals surface area contributed by atoms with Gasteiger partial charge < -0.3 is 15.2 Å². The summed E-state index contributed by atoms with van der Waals surface area (Å²) in [5, 5.41) is 9.05. The minimum absolute atomic E-state index is 0.0594. The van der Waals surface area contributed by atoms with Gasteiger partial charge >= 0.3 is 0 Å². The predicted octanol–water partition coefficient (Wildman–Crippen LogP) is 2.95. The van der Waals surface area contributed by atoms with Gasteiger partial charge in [0.2, 0.25) is 5.82 Å². The molecule has 0 aliphatic carbocycles. The van der Waals surface area contributed by atoms with E-state index in [0.717, 1.165) is 5.56 Å². The molecule has 0 spiro atoms. The summed E-state index contributed by atoms with van der Waals surface area (Å²) in [5.74, 6) is -0.462. The molecule has 0 saturated carbocycles. The zero-order valence-electron chi connectivity index (χ0n) is 15.3. The molecule has 3 aromatic heterocycles. The molecule has 4 aromatic rings. The van der Waals surface area contributed by atoms with E-state index in [0.29, 0.717) is 11.3 Å². The van der Waals surface area contributed by atoms with Gasteiger partial charge in [-0.3, -0.25) is 14.0 Å². The molecule has 2 N–H and O–H groups in total. The molecule has 0 fully saturated rings. The molecule has 2 amide bonds. The number of imidazole rings is 1. The van der Waals surface area contributed by atoms with Crippen LogP contribution in [0.15, 0.2) is 59.3 Å². The van der Waals surface area contributed by atoms with Gasteiger partial charge in [-0.1, -0.05) is 23.4 Å². The highest BCUT2D eigenvalue weighted by Crippen LogP contribution is 2.16. The molecule has 0 radical (unpaired) electrons. The van der Waals surface area contributed by atoms with Crippen LogP contribution in [-0.4, -0.2) is 26.4 Å². The van der Waals surface area contributed by atoms with Crippen LogP contribution in [0.2, 0.25) is 0 Å². The van der Waals surface area contributed by atoms with Gasteiger partial charge in [0.05, 0.1) is 5.52 Å². The van der Waals surface area contributed by atoms with Crippen molar-refractivity contribution in [3.8, 4) is 0 Å². The third-order valence-corrected chi connectivity index (χ3v) is 4.20. The van der Waals surface area contributed by atoms with E-state index in [9.17, 15) is 14.0 Å². The summed E-state index contributed by atoms with van der Waals surface area (Å²) >= 11 is 0. The van der Waals surface area contributed by atoms with Crippen LogP contribution in [0.4, 0.5) is 10.2 Å². The Bertz CT molecular complexity index is 1200. The quantitative estimate of drug-likeness (QED) is 0.543. The molecule has 0 atom stereocenters. The highest BCUT2D eigenvalue weighted by atomic mass is 19.1. The average Bonchev–Trinajstić information content (AvgIpc) is 3.31. The number of hydrogen-bond acceptors (Lipinski definition) is 5. The van der Waals surface area contributed by atoms with Crippen LogP contribution in [0.5, 0.6) is 0 Å². The molecular weight excluding hydrogens is 377 g/mol. The number of carbonyl (C=O) groups excluding carboxylic acids is 2. The number of anilines is 1. The number of fused-ring (bicyclic) bond motifs is 1. The third kappa shape index (κ3) is 3.84. The van der Waals surface area contributed by atoms with Gasteiger partial charge in [0.1, 0.15) is 11.6 Å². The van der Waals surface area contributed by atoms with Crippen molar-refractivity contribution in [1.29, 1.82) is 0 Å². The number of amides is 2. The van der Waals surface area contributed by atoms with Crippen LogP contribution in [0.3, 0.4) is 0 Å². The van der Waals surface area contributed by atoms with Crippen molar-refractivity contribution in [2.45, 2.75) is 13.5 Å². The molecule has 0 bridgehead atoms. The number of aromatic nitrogens is 3. The number of pyridine rings is 1. The number of aryl methyl sites for hydroxylation is 1. The van der Waals surface area contributed by atoms with Gasteiger partial charge in [0.15, 0.2) is 11.5 Å². The monoisotopic (exact) mass is 393 g/mol. The summed E-state index contributed by atoms with van der Waals surface area (Å²) in [5.41, 5.74) is 1.29. The van der Waals surface area contributed by atoms with Crippen LogP contribution in [0.25, 0.3) is 5.52 Å². The largest absolute Gasteiger partial charge is 0.360 e. The van der Waals surface area contributed by atoms with E-state index in [4.69, 9.17) is 4.52 Å². The Morgan fingerprint density at radius 1 is 1.14 bits per heavy atom. The maximum absolute atomic E-state index is 13.0. The molecule has 146 valence electrons. The second-order valence-electron chi connectivity index (χ2n) is 6.33. The third-order valence-electron chi connectivity index (χ3n) is 4.20. The second kappa shape index (κ2) is 7.55. The zero-order chi connectivity index (χ0) is 20.4. The Labute approximate surface area is 164 Å². The van der Waals surface area contributed by atoms with Crippen LogP contribution in [-0.2, 0) is 6.54 Å². The summed E-state index contributed by atoms with van der Waals surface area (Å²) in [6.07, 6.45) is 1.65. The van der Waals surface area contributed by atoms with Gasteiger partial charge in [0.25, 0.3) is 11.8 Å². The van der Waals surface area contributed by atoms with Crippen LogP contribution in [0.1, 0.15) is 32.4 Å². The standard InChI is InChI=1S/C20H16FN5O3/c1-12-10-16(25-29-12)23-19(27)17-15-4-2-3-9-26(15)18(24-17)20(28)22-11-13-5-7-14(21)8-6-13/h2-10H,11H2,1H3,(H,22,28)(H,23,25,27). The molecule has 9 heteroatoms. The van der Waals surface area contributed by atoms with E-state index in [-0.39, 0.29) is 29.7 Å². The average molecular weight is 393 g/mol. The van der Waals surface area contributed by atoms with E-state index >= 15 is 0 Å². The number of rotatable bonds is 5. The molecule has 1 aromatic carbocycles. The fraction of sp³-hybridized carbons (Fsp3) is 0.100. The lowest BCUT2D eigenvalue weighted by Crippen LogP contribution is -2.25. The van der Waals surface area contributed by atoms with E-state index in [1.807, 2.05) is 0 Å². The smallest absolute Gasteiger partial charge is 0.287 e. The Hall–Kier alpha value is -4.01. The van der Waals surface area contributed by atoms with Crippen LogP contribution in [0, 0.1) is 12.7 Å². The van der Waals surface area contributed by atoms with Gasteiger partial charge in [-0.2, -0.15) is 0 Å². The van der Waals surface area contributed by atoms with Crippen molar-refractivity contribution in [2.75, 3.05) is 5.32 Å². The number of nitrogens with zero attached hydrogens (tertiary/aromatic N) is 3. The normalized spacial score (nSPS) is 10.8. The Morgan fingerprint density at radius 2 is 1.93 bits per heavy atom. The number of nitrogens with one attached hydrogen (secondary N) is 2. The lowest BCUT2D eigenvalue weighted by Gasteiger charge is -2.04. The summed E-state index contributed by atoms with van der Waals surface area (Å²) < 4.78 is 19.5. The summed E-state index contributed by atoms with van der Waals surface area (Å²) in [7, 11) is 0. The lowest BCUT2D eigenvalue weighted by atomic mass is 10.2. The van der Waals surface area contributed by atoms with Crippen LogP contribution >= 0.6 is 0 Å². The van der Waals surface area contributed by atoms with E-state index < -0.39 is 11.8 Å². The maximum Gasteiger partial charge on any atom is 0.287 e. The zero-order valence-corrected chi connectivity index (χ0v) is 15.3. The molecule has 0 aliphatic heterocycles. The Kier molecular flexibility index (Phi) is 4.78. The maximum atomic E-state index is 13.0. The molecule has 0 saturated heterocycles. The first kappa shape index (κ1) is 18.4. The molecule has 4 rings (SSSR count). The molecule has 0 aliphatic rings. The van der Waals surface area contributed by atoms with Crippen LogP contribution < -0.4 is 10.6 Å². The predicted molar refractivity (Wildman–Crippen MR) is 102 cm³/mol. The summed E-state index contributed by atoms with van der Waals surface area (Å²) in [4.78, 5) is 29.6. The van der Waals surface area contributed by atoms with Gasteiger partial charge in [-0.05, 0) is 36.8 Å². The highest BCUT2D eigenvalue weighted by Gasteiger charge is 2.22. The van der Waals surface area contributed by atoms with E-state index in [2.05, 4.69) is 20.8 Å². The minimum atomic E-state index is -0.514. The van der Waals surface area contributed by atoms with E-state index in [1.54, 1.807) is 49.5 Å². The highest BCUT2D eigenvalue weighted by molar-refractivity contribution is 6.08. The first-order chi connectivity index (χ1) is 14.0. The Morgan fingerprint density at radius 3 is 2.66 bits per heavy atom. The molecule has 8 nitrogen and oxygen atoms in total. The SMILES string of the molecule is Cc1cc(NC(=O)c2nc(C(=O)NCc3ccc(F)cc3)n3ccccc23)no1. The van der Waals surface area contributed by atoms with Crippen molar-refractivity contribution in [2.24, 2.45) is 0 Å². The fourth-order valence-electron chi connectivity index (χ4n) is 2.83. The lowest BCUT2D eigenvalue weighted by molar-refractivity contribution is 0.0940. The molecule has 3 heterocycles. The van der Waals surface area contributed by atoms with Crippen molar-refractivity contribution in [3.63, 3.8) is 0 Å². The number of carbonyl (C=O) groups is 2. The summed E-state index contributed by atoms with van der Waals surface area (Å²) in [6.45, 7) is 1.90. The number of halogens is 1.